The predicted molar refractivity (Wildman–Crippen MR) is 105 cm³/mol. The van der Waals surface area contributed by atoms with Crippen LogP contribution >= 0.6 is 12.2 Å². The van der Waals surface area contributed by atoms with E-state index in [1.807, 2.05) is 18.2 Å². The van der Waals surface area contributed by atoms with Crippen molar-refractivity contribution in [2.24, 2.45) is 0 Å². The van der Waals surface area contributed by atoms with Crippen LogP contribution in [0.3, 0.4) is 0 Å². The van der Waals surface area contributed by atoms with Crippen molar-refractivity contribution in [3.05, 3.63) is 47.6 Å². The first-order chi connectivity index (χ1) is 13.2. The van der Waals surface area contributed by atoms with Crippen molar-refractivity contribution in [3.8, 4) is 5.75 Å². The molecule has 29 heavy (non-hydrogen) atoms. The van der Waals surface area contributed by atoms with E-state index in [1.165, 1.54) is 4.90 Å². The number of nitrogens with zero attached hydrogens (tertiary/aromatic N) is 2. The number of likely N-dealkylation sites (N-methyl/N-ethyl adjacent to an activating group) is 1. The quantitative estimate of drug-likeness (QED) is 0.240. The van der Waals surface area contributed by atoms with Crippen LogP contribution in [0.5, 0.6) is 5.75 Å². The Morgan fingerprint density at radius 3 is 2.55 bits per heavy atom. The molecule has 0 aliphatic carbocycles. The molecule has 0 atom stereocenters. The maximum atomic E-state index is 12.4. The van der Waals surface area contributed by atoms with Crippen molar-refractivity contribution in [1.29, 1.82) is 0 Å². The minimum atomic E-state index is -4.30. The average molecular weight is 446 g/mol. The molecule has 2 aliphatic rings. The number of hydrogen-bond donors (Lipinski definition) is 0. The van der Waals surface area contributed by atoms with Gasteiger partial charge in [0, 0.05) is 30.5 Å². The minimum absolute atomic E-state index is 0. The van der Waals surface area contributed by atoms with Gasteiger partial charge in [0.1, 0.15) is 0 Å². The number of anilines is 1. The zero-order valence-electron chi connectivity index (χ0n) is 16.4. The monoisotopic (exact) mass is 446 g/mol. The Labute approximate surface area is 197 Å². The van der Waals surface area contributed by atoms with Crippen molar-refractivity contribution in [1.82, 2.24) is 4.90 Å². The molecule has 0 unspecified atom stereocenters. The summed E-state index contributed by atoms with van der Waals surface area (Å²) in [6.45, 7) is 4.17. The number of thiocarbonyl (C=S) groups is 1. The number of hydrogen-bond acceptors (Lipinski definition) is 8. The maximum absolute atomic E-state index is 12.4. The molecule has 2 aliphatic heterocycles. The van der Waals surface area contributed by atoms with E-state index >= 15 is 0 Å². The van der Waals surface area contributed by atoms with Gasteiger partial charge in [-0.3, -0.25) is 9.69 Å². The Morgan fingerprint density at radius 2 is 1.93 bits per heavy atom. The van der Waals surface area contributed by atoms with Crippen LogP contribution in [-0.2, 0) is 19.6 Å². The largest absolute Gasteiger partial charge is 1.00 e. The molecule has 1 aromatic rings. The zero-order chi connectivity index (χ0) is 20.5. The molecule has 11 heteroatoms. The second-order valence-corrected chi connectivity index (χ2v) is 8.12. The van der Waals surface area contributed by atoms with E-state index in [4.69, 9.17) is 21.7 Å². The molecular weight excluding hydrogens is 427 g/mol. The standard InChI is InChI=1S/C18H20N2O6S2.Na/c1-3-19-17(21)16(26-18(19)27)12(2)11-15-20(9-6-10-28(22,23)24)13-7-4-5-8-14(13)25-15;/h4-5,7-8,11H,3,6,9-10H2,1-2H3,(H,22,23,24);/q;+1/p-1. The van der Waals surface area contributed by atoms with Gasteiger partial charge >= 0.3 is 29.6 Å². The van der Waals surface area contributed by atoms with Crippen LogP contribution in [0.2, 0.25) is 0 Å². The number of carbonyl (C=O) groups excluding carboxylic acids is 1. The Kier molecular flexibility index (Phi) is 7.88. The van der Waals surface area contributed by atoms with Crippen LogP contribution in [0.15, 0.2) is 47.6 Å². The Bertz CT molecular complexity index is 990. The molecule has 150 valence electrons. The van der Waals surface area contributed by atoms with E-state index in [1.54, 1.807) is 30.9 Å². The van der Waals surface area contributed by atoms with Gasteiger partial charge in [0.05, 0.1) is 15.8 Å². The first kappa shape index (κ1) is 23.8. The topological polar surface area (TPSA) is 99.2 Å². The van der Waals surface area contributed by atoms with Gasteiger partial charge in [0.15, 0.2) is 11.5 Å². The smallest absolute Gasteiger partial charge is 0.748 e. The molecule has 0 radical (unpaired) electrons. The summed E-state index contributed by atoms with van der Waals surface area (Å²) >= 11 is 5.07. The third-order valence-corrected chi connectivity index (χ3v) is 5.37. The van der Waals surface area contributed by atoms with Gasteiger partial charge in [-0.1, -0.05) is 12.1 Å². The van der Waals surface area contributed by atoms with E-state index < -0.39 is 15.9 Å². The Morgan fingerprint density at radius 1 is 1.24 bits per heavy atom. The number of amides is 1. The first-order valence-electron chi connectivity index (χ1n) is 8.65. The van der Waals surface area contributed by atoms with Gasteiger partial charge in [0.2, 0.25) is 5.88 Å². The van der Waals surface area contributed by atoms with Gasteiger partial charge in [-0.2, -0.15) is 0 Å². The minimum Gasteiger partial charge on any atom is -0.748 e. The Balaban J connectivity index is 0.00000300. The number of rotatable bonds is 6. The van der Waals surface area contributed by atoms with Crippen LogP contribution in [0.25, 0.3) is 0 Å². The number of fused-ring (bicyclic) bond motifs is 1. The van der Waals surface area contributed by atoms with Crippen molar-refractivity contribution in [3.63, 3.8) is 0 Å². The van der Waals surface area contributed by atoms with Crippen LogP contribution < -0.4 is 39.2 Å². The molecule has 0 saturated carbocycles. The molecule has 0 aromatic heterocycles. The summed E-state index contributed by atoms with van der Waals surface area (Å²) in [6, 6.07) is 7.25. The van der Waals surface area contributed by atoms with Crippen molar-refractivity contribution in [2.75, 3.05) is 23.7 Å². The molecule has 0 N–H and O–H groups in total. The molecule has 1 saturated heterocycles. The number of benzene rings is 1. The van der Waals surface area contributed by atoms with Crippen LogP contribution in [0, 0.1) is 0 Å². The molecule has 1 aromatic carbocycles. The fourth-order valence-corrected chi connectivity index (χ4v) is 3.73. The van der Waals surface area contributed by atoms with E-state index in [0.29, 0.717) is 23.8 Å². The van der Waals surface area contributed by atoms with Gasteiger partial charge in [-0.05, 0) is 44.6 Å². The maximum Gasteiger partial charge on any atom is 1.00 e. The third-order valence-electron chi connectivity index (χ3n) is 4.28. The summed E-state index contributed by atoms with van der Waals surface area (Å²) in [5.74, 6) is 0.343. The fraction of sp³-hybridized carbons (Fsp3) is 0.333. The summed E-state index contributed by atoms with van der Waals surface area (Å²) in [5, 5.41) is 0.105. The summed E-state index contributed by atoms with van der Waals surface area (Å²) in [6.07, 6.45) is 1.78. The molecule has 8 nitrogen and oxygen atoms in total. The van der Waals surface area contributed by atoms with Gasteiger partial charge in [-0.25, -0.2) is 8.42 Å². The number of carbonyl (C=O) groups is 1. The Hall–Kier alpha value is -1.43. The van der Waals surface area contributed by atoms with Crippen molar-refractivity contribution < 1.29 is 56.8 Å². The molecule has 0 spiro atoms. The number of allylic oxidation sites excluding steroid dienone is 2. The SMILES string of the molecule is CCN1C(=O)C(=C(C)C=C2Oc3ccccc3N2CCCS(=O)(=O)[O-])OC1=S.[Na+]. The molecule has 1 fully saturated rings. The van der Waals surface area contributed by atoms with E-state index in [2.05, 4.69) is 0 Å². The first-order valence-corrected chi connectivity index (χ1v) is 10.6. The summed E-state index contributed by atoms with van der Waals surface area (Å²) in [5.41, 5.74) is 1.27. The zero-order valence-corrected chi connectivity index (χ0v) is 20.0. The third kappa shape index (κ3) is 5.39. The van der Waals surface area contributed by atoms with Crippen LogP contribution in [0.4, 0.5) is 5.69 Å². The van der Waals surface area contributed by atoms with Crippen molar-refractivity contribution >= 4 is 39.1 Å². The van der Waals surface area contributed by atoms with Gasteiger partial charge in [-0.15, -0.1) is 0 Å². The van der Waals surface area contributed by atoms with Gasteiger partial charge in [0.25, 0.3) is 11.1 Å². The molecule has 2 heterocycles. The molecular formula is C18H19N2NaO6S2. The van der Waals surface area contributed by atoms with E-state index in [9.17, 15) is 17.8 Å². The van der Waals surface area contributed by atoms with Crippen LogP contribution in [0.1, 0.15) is 20.3 Å². The van der Waals surface area contributed by atoms with Crippen LogP contribution in [-0.4, -0.2) is 47.8 Å². The molecule has 1 amide bonds. The second kappa shape index (κ2) is 9.59. The fourth-order valence-electron chi connectivity index (χ4n) is 2.95. The molecule has 3 rings (SSSR count). The summed E-state index contributed by atoms with van der Waals surface area (Å²) < 4.78 is 44.0. The normalized spacial score (nSPS) is 19.1. The second-order valence-electron chi connectivity index (χ2n) is 6.25. The summed E-state index contributed by atoms with van der Waals surface area (Å²) in [4.78, 5) is 15.5. The predicted octanol–water partition coefficient (Wildman–Crippen LogP) is -0.896. The van der Waals surface area contributed by atoms with E-state index in [0.717, 1.165) is 5.69 Å². The van der Waals surface area contributed by atoms with E-state index in [-0.39, 0.29) is 59.4 Å². The van der Waals surface area contributed by atoms with Crippen molar-refractivity contribution in [2.45, 2.75) is 20.3 Å². The molecule has 0 bridgehead atoms. The number of ether oxygens (including phenoxy) is 2. The number of para-hydroxylation sites is 2. The van der Waals surface area contributed by atoms with Gasteiger partial charge < -0.3 is 18.9 Å². The average Bonchev–Trinajstić information content (AvgIpc) is 3.11. The summed E-state index contributed by atoms with van der Waals surface area (Å²) in [7, 11) is -4.30.